The van der Waals surface area contributed by atoms with Gasteiger partial charge in [0.1, 0.15) is 5.82 Å². The van der Waals surface area contributed by atoms with Gasteiger partial charge in [0.2, 0.25) is 0 Å². The van der Waals surface area contributed by atoms with E-state index in [0.29, 0.717) is 12.5 Å². The second-order valence-corrected chi connectivity index (χ2v) is 4.72. The lowest BCUT2D eigenvalue weighted by atomic mass is 10.1. The molecule has 0 aliphatic heterocycles. The third-order valence-electron chi connectivity index (χ3n) is 3.35. The van der Waals surface area contributed by atoms with Crippen molar-refractivity contribution >= 4 is 5.69 Å². The van der Waals surface area contributed by atoms with Crippen molar-refractivity contribution in [1.29, 1.82) is 0 Å². The third kappa shape index (κ3) is 3.15. The van der Waals surface area contributed by atoms with Crippen LogP contribution in [0.2, 0.25) is 0 Å². The topological polar surface area (TPSA) is 12.0 Å². The minimum atomic E-state index is -4.43. The molecule has 1 aliphatic rings. The van der Waals surface area contributed by atoms with Gasteiger partial charge in [-0.15, -0.1) is 0 Å². The molecule has 1 N–H and O–H groups in total. The van der Waals surface area contributed by atoms with Crippen LogP contribution in [0.5, 0.6) is 0 Å². The zero-order valence-corrected chi connectivity index (χ0v) is 9.86. The maximum absolute atomic E-state index is 13.4. The Morgan fingerprint density at radius 1 is 1.17 bits per heavy atom. The Morgan fingerprint density at radius 3 is 2.44 bits per heavy atom. The first-order chi connectivity index (χ1) is 8.47. The number of rotatable bonds is 3. The lowest BCUT2D eigenvalue weighted by Crippen LogP contribution is -2.13. The van der Waals surface area contributed by atoms with Crippen LogP contribution in [0.25, 0.3) is 0 Å². The van der Waals surface area contributed by atoms with Crippen molar-refractivity contribution in [3.8, 4) is 0 Å². The van der Waals surface area contributed by atoms with Gasteiger partial charge in [-0.25, -0.2) is 4.39 Å². The molecule has 18 heavy (non-hydrogen) atoms. The van der Waals surface area contributed by atoms with Gasteiger partial charge in [-0.1, -0.05) is 12.8 Å². The van der Waals surface area contributed by atoms with Gasteiger partial charge in [0.15, 0.2) is 0 Å². The summed E-state index contributed by atoms with van der Waals surface area (Å²) in [5, 5.41) is 2.79. The zero-order chi connectivity index (χ0) is 13.2. The maximum Gasteiger partial charge on any atom is 0.416 e. The lowest BCUT2D eigenvalue weighted by Gasteiger charge is -2.14. The quantitative estimate of drug-likeness (QED) is 0.793. The molecule has 0 heterocycles. The Hall–Kier alpha value is -1.26. The summed E-state index contributed by atoms with van der Waals surface area (Å²) in [5.41, 5.74) is -0.880. The maximum atomic E-state index is 13.4. The molecule has 0 spiro atoms. The first-order valence-electron chi connectivity index (χ1n) is 6.07. The van der Waals surface area contributed by atoms with E-state index in [9.17, 15) is 17.6 Å². The van der Waals surface area contributed by atoms with Gasteiger partial charge in [0.25, 0.3) is 0 Å². The van der Waals surface area contributed by atoms with Crippen LogP contribution in [-0.4, -0.2) is 6.54 Å². The number of hydrogen-bond acceptors (Lipinski definition) is 1. The highest BCUT2D eigenvalue weighted by Crippen LogP contribution is 2.32. The average molecular weight is 261 g/mol. The van der Waals surface area contributed by atoms with Crippen LogP contribution >= 0.6 is 0 Å². The fraction of sp³-hybridized carbons (Fsp3) is 0.538. The van der Waals surface area contributed by atoms with E-state index in [1.807, 2.05) is 0 Å². The van der Waals surface area contributed by atoms with E-state index in [2.05, 4.69) is 5.32 Å². The second kappa shape index (κ2) is 5.16. The van der Waals surface area contributed by atoms with Crippen LogP contribution < -0.4 is 5.32 Å². The van der Waals surface area contributed by atoms with E-state index >= 15 is 0 Å². The first kappa shape index (κ1) is 13.2. The van der Waals surface area contributed by atoms with E-state index in [0.717, 1.165) is 43.9 Å². The Kier molecular flexibility index (Phi) is 3.78. The number of anilines is 1. The highest BCUT2D eigenvalue weighted by molar-refractivity contribution is 5.48. The van der Waals surface area contributed by atoms with Crippen molar-refractivity contribution in [1.82, 2.24) is 0 Å². The normalized spacial score (nSPS) is 17.1. The molecule has 0 atom stereocenters. The van der Waals surface area contributed by atoms with Crippen molar-refractivity contribution in [2.24, 2.45) is 5.92 Å². The molecule has 0 aromatic heterocycles. The molecular weight excluding hydrogens is 246 g/mol. The minimum Gasteiger partial charge on any atom is -0.382 e. The fourth-order valence-electron chi connectivity index (χ4n) is 2.31. The zero-order valence-electron chi connectivity index (χ0n) is 9.86. The Bertz CT molecular complexity index is 408. The molecular formula is C13H15F4N. The smallest absolute Gasteiger partial charge is 0.382 e. The molecule has 1 nitrogen and oxygen atoms in total. The summed E-state index contributed by atoms with van der Waals surface area (Å²) in [7, 11) is 0. The van der Waals surface area contributed by atoms with Gasteiger partial charge in [-0.05, 0) is 37.0 Å². The van der Waals surface area contributed by atoms with E-state index < -0.39 is 17.6 Å². The molecule has 0 unspecified atom stereocenters. The number of halogens is 4. The summed E-state index contributed by atoms with van der Waals surface area (Å²) in [6.07, 6.45) is -0.00646. The summed E-state index contributed by atoms with van der Waals surface area (Å²) in [6.45, 7) is 0.540. The first-order valence-corrected chi connectivity index (χ1v) is 6.07. The number of alkyl halides is 3. The molecule has 1 fully saturated rings. The second-order valence-electron chi connectivity index (χ2n) is 4.72. The molecule has 0 amide bonds. The van der Waals surface area contributed by atoms with E-state index in [4.69, 9.17) is 0 Å². The van der Waals surface area contributed by atoms with Gasteiger partial charge in [0.05, 0.1) is 11.3 Å². The Balaban J connectivity index is 2.06. The SMILES string of the molecule is Fc1ccc(C(F)(F)F)cc1NCC1CCCC1. The largest absolute Gasteiger partial charge is 0.416 e. The average Bonchev–Trinajstić information content (AvgIpc) is 2.79. The molecule has 1 aliphatic carbocycles. The predicted molar refractivity (Wildman–Crippen MR) is 61.8 cm³/mol. The summed E-state index contributed by atoms with van der Waals surface area (Å²) in [5.74, 6) is -0.195. The molecule has 0 radical (unpaired) electrons. The van der Waals surface area contributed by atoms with Crippen LogP contribution in [0.1, 0.15) is 31.2 Å². The predicted octanol–water partition coefficient (Wildman–Crippen LogP) is 4.45. The van der Waals surface area contributed by atoms with E-state index in [1.165, 1.54) is 0 Å². The lowest BCUT2D eigenvalue weighted by molar-refractivity contribution is -0.137. The third-order valence-corrected chi connectivity index (χ3v) is 3.35. The van der Waals surface area contributed by atoms with Crippen LogP contribution in [-0.2, 0) is 6.18 Å². The van der Waals surface area contributed by atoms with Gasteiger partial charge >= 0.3 is 6.18 Å². The number of nitrogens with one attached hydrogen (secondary N) is 1. The highest BCUT2D eigenvalue weighted by Gasteiger charge is 2.31. The van der Waals surface area contributed by atoms with E-state index in [1.54, 1.807) is 0 Å². The standard InChI is InChI=1S/C13H15F4N/c14-11-6-5-10(13(15,16)17)7-12(11)18-8-9-3-1-2-4-9/h5-7,9,18H,1-4,8H2. The monoisotopic (exact) mass is 261 g/mol. The Morgan fingerprint density at radius 2 is 1.83 bits per heavy atom. The van der Waals surface area contributed by atoms with Crippen molar-refractivity contribution in [2.45, 2.75) is 31.9 Å². The van der Waals surface area contributed by atoms with Crippen LogP contribution in [0.3, 0.4) is 0 Å². The number of hydrogen-bond donors (Lipinski definition) is 1. The Labute approximate surface area is 103 Å². The van der Waals surface area contributed by atoms with Gasteiger partial charge < -0.3 is 5.32 Å². The molecule has 0 bridgehead atoms. The van der Waals surface area contributed by atoms with Crippen molar-refractivity contribution < 1.29 is 17.6 Å². The van der Waals surface area contributed by atoms with Crippen LogP contribution in [0, 0.1) is 11.7 Å². The number of benzene rings is 1. The summed E-state index contributed by atoms with van der Waals surface area (Å²) in [6, 6.07) is 2.46. The van der Waals surface area contributed by atoms with Gasteiger partial charge in [0, 0.05) is 6.54 Å². The van der Waals surface area contributed by atoms with E-state index in [-0.39, 0.29) is 5.69 Å². The highest BCUT2D eigenvalue weighted by atomic mass is 19.4. The molecule has 2 rings (SSSR count). The molecule has 5 heteroatoms. The van der Waals surface area contributed by atoms with Gasteiger partial charge in [-0.2, -0.15) is 13.2 Å². The molecule has 1 aromatic carbocycles. The fourth-order valence-corrected chi connectivity index (χ4v) is 2.31. The summed E-state index contributed by atoms with van der Waals surface area (Å²) in [4.78, 5) is 0. The molecule has 0 saturated heterocycles. The molecule has 100 valence electrons. The van der Waals surface area contributed by atoms with Crippen molar-refractivity contribution in [3.63, 3.8) is 0 Å². The van der Waals surface area contributed by atoms with Crippen molar-refractivity contribution in [2.75, 3.05) is 11.9 Å². The van der Waals surface area contributed by atoms with Crippen LogP contribution in [0.4, 0.5) is 23.2 Å². The molecule has 1 aromatic rings. The van der Waals surface area contributed by atoms with Crippen LogP contribution in [0.15, 0.2) is 18.2 Å². The summed E-state index contributed by atoms with van der Waals surface area (Å²) < 4.78 is 50.9. The molecule has 1 saturated carbocycles. The van der Waals surface area contributed by atoms with Gasteiger partial charge in [-0.3, -0.25) is 0 Å². The minimum absolute atomic E-state index is 0.0586. The van der Waals surface area contributed by atoms with Crippen molar-refractivity contribution in [3.05, 3.63) is 29.6 Å². The summed E-state index contributed by atoms with van der Waals surface area (Å²) >= 11 is 0.